The standard InChI is InChI=1S/C13H19BrN2O4S.ClH/c1-21(18,19)9-6-12(15)13(17)16-7-8-20-11-4-2-10(14)3-5-11;/h2-5,12H,6-9,15H2,1H3,(H,16,17);1H. The maximum atomic E-state index is 11.6. The van der Waals surface area contributed by atoms with Crippen molar-refractivity contribution in [2.24, 2.45) is 5.73 Å². The number of nitrogens with two attached hydrogens (primary N) is 1. The van der Waals surface area contributed by atoms with Gasteiger partial charge in [-0.05, 0) is 30.7 Å². The summed E-state index contributed by atoms with van der Waals surface area (Å²) in [6, 6.07) is 6.50. The molecule has 0 fully saturated rings. The Morgan fingerprint density at radius 2 is 1.95 bits per heavy atom. The van der Waals surface area contributed by atoms with Crippen LogP contribution in [0.4, 0.5) is 0 Å². The Balaban J connectivity index is 0.00000441. The molecule has 0 aliphatic carbocycles. The number of rotatable bonds is 8. The summed E-state index contributed by atoms with van der Waals surface area (Å²) in [6.07, 6.45) is 1.22. The number of carbonyl (C=O) groups excluding carboxylic acids is 1. The number of halogens is 2. The minimum Gasteiger partial charge on any atom is -0.492 e. The normalized spacial score (nSPS) is 12.1. The van der Waals surface area contributed by atoms with Gasteiger partial charge in [0.1, 0.15) is 22.2 Å². The number of carbonyl (C=O) groups is 1. The summed E-state index contributed by atoms with van der Waals surface area (Å²) in [7, 11) is -3.11. The Morgan fingerprint density at radius 1 is 1.36 bits per heavy atom. The summed E-state index contributed by atoms with van der Waals surface area (Å²) < 4.78 is 28.4. The third kappa shape index (κ3) is 9.24. The maximum absolute atomic E-state index is 11.6. The zero-order valence-electron chi connectivity index (χ0n) is 12.1. The van der Waals surface area contributed by atoms with Gasteiger partial charge in [-0.2, -0.15) is 0 Å². The molecule has 1 aromatic rings. The minimum absolute atomic E-state index is 0. The van der Waals surface area contributed by atoms with Crippen LogP contribution in [0.2, 0.25) is 0 Å². The van der Waals surface area contributed by atoms with Crippen LogP contribution in [0, 0.1) is 0 Å². The van der Waals surface area contributed by atoms with Gasteiger partial charge >= 0.3 is 0 Å². The van der Waals surface area contributed by atoms with E-state index in [1.54, 1.807) is 0 Å². The molecule has 0 spiro atoms. The molecule has 0 saturated carbocycles. The number of nitrogens with one attached hydrogen (secondary N) is 1. The topological polar surface area (TPSA) is 98.5 Å². The van der Waals surface area contributed by atoms with E-state index >= 15 is 0 Å². The molecule has 3 N–H and O–H groups in total. The van der Waals surface area contributed by atoms with Crippen LogP contribution < -0.4 is 15.8 Å². The maximum Gasteiger partial charge on any atom is 0.237 e. The highest BCUT2D eigenvalue weighted by Crippen LogP contribution is 2.15. The van der Waals surface area contributed by atoms with Gasteiger partial charge in [-0.1, -0.05) is 15.9 Å². The lowest BCUT2D eigenvalue weighted by atomic mass is 10.2. The predicted molar refractivity (Wildman–Crippen MR) is 92.2 cm³/mol. The molecule has 0 aliphatic rings. The number of hydrogen-bond donors (Lipinski definition) is 2. The average molecular weight is 416 g/mol. The van der Waals surface area contributed by atoms with Crippen molar-refractivity contribution >= 4 is 44.1 Å². The molecule has 22 heavy (non-hydrogen) atoms. The van der Waals surface area contributed by atoms with Crippen molar-refractivity contribution in [1.29, 1.82) is 0 Å². The van der Waals surface area contributed by atoms with E-state index in [0.29, 0.717) is 18.9 Å². The third-order valence-corrected chi connectivity index (χ3v) is 4.13. The quantitative estimate of drug-likeness (QED) is 0.620. The Labute approximate surface area is 145 Å². The second kappa shape index (κ2) is 10.0. The molecule has 1 rings (SSSR count). The second-order valence-corrected chi connectivity index (χ2v) is 7.79. The molecule has 0 bridgehead atoms. The van der Waals surface area contributed by atoms with Crippen LogP contribution in [-0.2, 0) is 14.6 Å². The molecule has 6 nitrogen and oxygen atoms in total. The average Bonchev–Trinajstić information content (AvgIpc) is 2.41. The molecule has 9 heteroatoms. The van der Waals surface area contributed by atoms with Crippen LogP contribution in [0.25, 0.3) is 0 Å². The third-order valence-electron chi connectivity index (χ3n) is 2.62. The highest BCUT2D eigenvalue weighted by Gasteiger charge is 2.15. The smallest absolute Gasteiger partial charge is 0.237 e. The fourth-order valence-electron chi connectivity index (χ4n) is 1.48. The molecule has 1 aromatic carbocycles. The SMILES string of the molecule is CS(=O)(=O)CCC(N)C(=O)NCCOc1ccc(Br)cc1.Cl. The monoisotopic (exact) mass is 414 g/mol. The molecule has 0 saturated heterocycles. The molecule has 1 amide bonds. The highest BCUT2D eigenvalue weighted by atomic mass is 79.9. The molecule has 0 heterocycles. The minimum atomic E-state index is -3.11. The summed E-state index contributed by atoms with van der Waals surface area (Å²) >= 11 is 3.32. The van der Waals surface area contributed by atoms with Crippen molar-refractivity contribution < 1.29 is 17.9 Å². The van der Waals surface area contributed by atoms with E-state index in [9.17, 15) is 13.2 Å². The van der Waals surface area contributed by atoms with E-state index in [4.69, 9.17) is 10.5 Å². The van der Waals surface area contributed by atoms with Gasteiger partial charge in [0.05, 0.1) is 18.3 Å². The van der Waals surface area contributed by atoms with Crippen molar-refractivity contribution in [3.05, 3.63) is 28.7 Å². The van der Waals surface area contributed by atoms with Crippen molar-refractivity contribution in [3.8, 4) is 5.75 Å². The van der Waals surface area contributed by atoms with Gasteiger partial charge in [-0.15, -0.1) is 12.4 Å². The van der Waals surface area contributed by atoms with Crippen LogP contribution >= 0.6 is 28.3 Å². The van der Waals surface area contributed by atoms with Gasteiger partial charge < -0.3 is 15.8 Å². The molecular formula is C13H20BrClN2O4S. The molecule has 0 radical (unpaired) electrons. The number of benzene rings is 1. The number of hydrogen-bond acceptors (Lipinski definition) is 5. The number of sulfone groups is 1. The van der Waals surface area contributed by atoms with Crippen LogP contribution in [0.1, 0.15) is 6.42 Å². The van der Waals surface area contributed by atoms with Crippen molar-refractivity contribution in [3.63, 3.8) is 0 Å². The number of ether oxygens (including phenoxy) is 1. The van der Waals surface area contributed by atoms with Crippen LogP contribution in [-0.4, -0.2) is 45.5 Å². The molecule has 126 valence electrons. The van der Waals surface area contributed by atoms with E-state index in [-0.39, 0.29) is 30.5 Å². The molecule has 1 unspecified atom stereocenters. The molecule has 0 aliphatic heterocycles. The van der Waals surface area contributed by atoms with Crippen LogP contribution in [0.3, 0.4) is 0 Å². The van der Waals surface area contributed by atoms with Gasteiger partial charge in [-0.25, -0.2) is 8.42 Å². The number of amides is 1. The zero-order chi connectivity index (χ0) is 15.9. The first-order valence-electron chi connectivity index (χ1n) is 6.37. The Kier molecular flexibility index (Phi) is 9.66. The van der Waals surface area contributed by atoms with Gasteiger partial charge in [0.2, 0.25) is 5.91 Å². The summed E-state index contributed by atoms with van der Waals surface area (Å²) in [5.41, 5.74) is 5.61. The van der Waals surface area contributed by atoms with Crippen molar-refractivity contribution in [1.82, 2.24) is 5.32 Å². The summed E-state index contributed by atoms with van der Waals surface area (Å²) in [5.74, 6) is 0.226. The first-order valence-corrected chi connectivity index (χ1v) is 9.22. The van der Waals surface area contributed by atoms with Gasteiger partial charge in [0, 0.05) is 10.7 Å². The molecule has 0 aromatic heterocycles. The van der Waals surface area contributed by atoms with Gasteiger partial charge in [0.15, 0.2) is 0 Å². The van der Waals surface area contributed by atoms with Gasteiger partial charge in [0.25, 0.3) is 0 Å². The summed E-state index contributed by atoms with van der Waals surface area (Å²) in [5, 5.41) is 2.61. The Morgan fingerprint density at radius 3 is 2.50 bits per heavy atom. The second-order valence-electron chi connectivity index (χ2n) is 4.62. The molecule has 1 atom stereocenters. The fraction of sp³-hybridized carbons (Fsp3) is 0.462. The summed E-state index contributed by atoms with van der Waals surface area (Å²) in [4.78, 5) is 11.6. The largest absolute Gasteiger partial charge is 0.492 e. The van der Waals surface area contributed by atoms with Gasteiger partial charge in [-0.3, -0.25) is 4.79 Å². The van der Waals surface area contributed by atoms with E-state index < -0.39 is 15.9 Å². The molecular weight excluding hydrogens is 396 g/mol. The first kappa shape index (κ1) is 21.2. The van der Waals surface area contributed by atoms with E-state index in [1.807, 2.05) is 24.3 Å². The van der Waals surface area contributed by atoms with E-state index in [2.05, 4.69) is 21.2 Å². The Hall–Kier alpha value is -0.830. The van der Waals surface area contributed by atoms with E-state index in [1.165, 1.54) is 0 Å². The predicted octanol–water partition coefficient (Wildman–Crippen LogP) is 1.13. The Bertz CT molecular complexity index is 566. The lowest BCUT2D eigenvalue weighted by Crippen LogP contribution is -2.42. The van der Waals surface area contributed by atoms with E-state index in [0.717, 1.165) is 10.7 Å². The van der Waals surface area contributed by atoms with Crippen molar-refractivity contribution in [2.75, 3.05) is 25.2 Å². The van der Waals surface area contributed by atoms with Crippen LogP contribution in [0.15, 0.2) is 28.7 Å². The lowest BCUT2D eigenvalue weighted by molar-refractivity contribution is -0.122. The lowest BCUT2D eigenvalue weighted by Gasteiger charge is -2.12. The van der Waals surface area contributed by atoms with Crippen molar-refractivity contribution in [2.45, 2.75) is 12.5 Å². The fourth-order valence-corrected chi connectivity index (χ4v) is 2.42. The summed E-state index contributed by atoms with van der Waals surface area (Å²) in [6.45, 7) is 0.619. The highest BCUT2D eigenvalue weighted by molar-refractivity contribution is 9.10. The van der Waals surface area contributed by atoms with Crippen LogP contribution in [0.5, 0.6) is 5.75 Å². The zero-order valence-corrected chi connectivity index (χ0v) is 15.3. The first-order chi connectivity index (χ1) is 9.78.